The van der Waals surface area contributed by atoms with E-state index in [0.29, 0.717) is 6.61 Å². The van der Waals surface area contributed by atoms with E-state index in [1.165, 1.54) is 77.5 Å². The number of hydrogen-bond donors (Lipinski definition) is 3. The minimum absolute atomic E-state index is 0.305. The Morgan fingerprint density at radius 1 is 0.679 bits per heavy atom. The summed E-state index contributed by atoms with van der Waals surface area (Å²) in [6.07, 6.45) is 11.5. The fourth-order valence-corrected chi connectivity index (χ4v) is 4.73. The van der Waals surface area contributed by atoms with Gasteiger partial charge in [-0.05, 0) is 38.8 Å². The van der Waals surface area contributed by atoms with Gasteiger partial charge in [0.15, 0.2) is 0 Å². The molecule has 3 aliphatic rings. The number of β-amino-alcohol motifs (C(OH)–C–C–N with tert-alkyl or cyclic N) is 1. The van der Waals surface area contributed by atoms with Crippen LogP contribution in [0.1, 0.15) is 51.4 Å². The zero-order valence-corrected chi connectivity index (χ0v) is 17.0. The van der Waals surface area contributed by atoms with Gasteiger partial charge in [0.05, 0.1) is 6.61 Å². The van der Waals surface area contributed by atoms with Gasteiger partial charge in [-0.15, -0.1) is 0 Å². The molecule has 28 heavy (non-hydrogen) atoms. The van der Waals surface area contributed by atoms with Gasteiger partial charge in [-0.25, -0.2) is 9.59 Å². The fraction of sp³-hybridized carbons (Fsp3) is 0.900. The van der Waals surface area contributed by atoms with E-state index in [1.807, 2.05) is 0 Å². The summed E-state index contributed by atoms with van der Waals surface area (Å²) < 4.78 is 0. The minimum atomic E-state index is -1.82. The Labute approximate surface area is 168 Å². The van der Waals surface area contributed by atoms with Crippen LogP contribution in [0.25, 0.3) is 0 Å². The van der Waals surface area contributed by atoms with Crippen molar-refractivity contribution >= 4 is 11.9 Å². The summed E-state index contributed by atoms with van der Waals surface area (Å²) in [4.78, 5) is 26.1. The first-order valence-electron chi connectivity index (χ1n) is 10.8. The maximum atomic E-state index is 9.10. The van der Waals surface area contributed by atoms with Crippen LogP contribution in [0.2, 0.25) is 0 Å². The molecule has 0 aromatic rings. The summed E-state index contributed by atoms with van der Waals surface area (Å²) in [5, 5.41) is 23.8. The summed E-state index contributed by atoms with van der Waals surface area (Å²) in [5.74, 6) is -3.65. The molecule has 2 heterocycles. The molecule has 0 radical (unpaired) electrons. The molecule has 0 amide bonds. The molecule has 2 saturated heterocycles. The zero-order valence-electron chi connectivity index (χ0n) is 17.0. The second-order valence-electron chi connectivity index (χ2n) is 8.12. The van der Waals surface area contributed by atoms with E-state index in [-0.39, 0.29) is 0 Å². The highest BCUT2D eigenvalue weighted by atomic mass is 16.4. The lowest BCUT2D eigenvalue weighted by molar-refractivity contribution is -0.159. The largest absolute Gasteiger partial charge is 0.473 e. The van der Waals surface area contributed by atoms with E-state index >= 15 is 0 Å². The molecule has 162 valence electrons. The van der Waals surface area contributed by atoms with E-state index in [4.69, 9.17) is 24.9 Å². The lowest BCUT2D eigenvalue weighted by Gasteiger charge is -2.44. The van der Waals surface area contributed by atoms with Crippen molar-refractivity contribution in [3.63, 3.8) is 0 Å². The second-order valence-corrected chi connectivity index (χ2v) is 8.12. The summed E-state index contributed by atoms with van der Waals surface area (Å²) >= 11 is 0. The van der Waals surface area contributed by atoms with Crippen LogP contribution in [0.4, 0.5) is 0 Å². The van der Waals surface area contributed by atoms with E-state index in [9.17, 15) is 0 Å². The van der Waals surface area contributed by atoms with Gasteiger partial charge in [-0.1, -0.05) is 25.7 Å². The fourth-order valence-electron chi connectivity index (χ4n) is 4.73. The van der Waals surface area contributed by atoms with Crippen LogP contribution >= 0.6 is 0 Å². The number of piperidine rings is 1. The number of piperazine rings is 1. The van der Waals surface area contributed by atoms with E-state index in [1.54, 1.807) is 0 Å². The molecule has 8 nitrogen and oxygen atoms in total. The minimum Gasteiger partial charge on any atom is -0.473 e. The van der Waals surface area contributed by atoms with Crippen molar-refractivity contribution in [2.75, 3.05) is 52.4 Å². The highest BCUT2D eigenvalue weighted by Crippen LogP contribution is 2.26. The predicted molar refractivity (Wildman–Crippen MR) is 106 cm³/mol. The molecule has 0 atom stereocenters. The lowest BCUT2D eigenvalue weighted by Crippen LogP contribution is -2.54. The molecule has 2 aliphatic heterocycles. The van der Waals surface area contributed by atoms with E-state index in [0.717, 1.165) is 31.7 Å². The quantitative estimate of drug-likeness (QED) is 0.474. The first-order valence-corrected chi connectivity index (χ1v) is 10.8. The van der Waals surface area contributed by atoms with E-state index in [2.05, 4.69) is 14.7 Å². The van der Waals surface area contributed by atoms with Gasteiger partial charge in [0, 0.05) is 44.8 Å². The molecule has 3 rings (SSSR count). The maximum absolute atomic E-state index is 9.10. The average molecular weight is 400 g/mol. The lowest BCUT2D eigenvalue weighted by atomic mass is 9.98. The number of rotatable bonds is 4. The van der Waals surface area contributed by atoms with Gasteiger partial charge in [-0.3, -0.25) is 9.80 Å². The third-order valence-corrected chi connectivity index (χ3v) is 6.36. The monoisotopic (exact) mass is 399 g/mol. The second kappa shape index (κ2) is 12.4. The molecule has 0 aromatic carbocycles. The number of hydrogen-bond acceptors (Lipinski definition) is 6. The van der Waals surface area contributed by atoms with Crippen molar-refractivity contribution in [2.45, 2.75) is 63.5 Å². The number of likely N-dealkylation sites (tertiary alicyclic amines) is 1. The number of aliphatic hydroxyl groups excluding tert-OH is 1. The molecule has 1 aliphatic carbocycles. The number of carboxylic acid groups (broad SMARTS) is 2. The van der Waals surface area contributed by atoms with Gasteiger partial charge in [0.2, 0.25) is 0 Å². The first-order chi connectivity index (χ1) is 13.5. The topological polar surface area (TPSA) is 105 Å². The number of nitrogens with zero attached hydrogens (tertiary/aromatic N) is 3. The molecule has 3 fully saturated rings. The molecular weight excluding hydrogens is 362 g/mol. The Bertz CT molecular complexity index is 454. The van der Waals surface area contributed by atoms with Crippen LogP contribution < -0.4 is 0 Å². The summed E-state index contributed by atoms with van der Waals surface area (Å²) in [7, 11) is 0. The molecule has 0 aromatic heterocycles. The number of carbonyl (C=O) groups is 2. The Balaban J connectivity index is 0.000000409. The van der Waals surface area contributed by atoms with Gasteiger partial charge in [-0.2, -0.15) is 0 Å². The van der Waals surface area contributed by atoms with Crippen LogP contribution in [0.5, 0.6) is 0 Å². The van der Waals surface area contributed by atoms with Crippen molar-refractivity contribution in [3.8, 4) is 0 Å². The Morgan fingerprint density at radius 2 is 1.14 bits per heavy atom. The normalized spacial score (nSPS) is 24.2. The Hall–Kier alpha value is -1.22. The molecule has 1 saturated carbocycles. The molecule has 3 N–H and O–H groups in total. The highest BCUT2D eigenvalue weighted by molar-refractivity contribution is 6.27. The molecule has 0 spiro atoms. The SMILES string of the molecule is O=C(O)C(=O)O.OCCN1CCN(C2CCN(C3CCCCCC3)CC2)CC1. The molecule has 0 unspecified atom stereocenters. The molecular formula is C20H37N3O5. The van der Waals surface area contributed by atoms with Crippen molar-refractivity contribution < 1.29 is 24.9 Å². The van der Waals surface area contributed by atoms with Gasteiger partial charge in [0.1, 0.15) is 0 Å². The summed E-state index contributed by atoms with van der Waals surface area (Å²) in [6, 6.07) is 1.71. The van der Waals surface area contributed by atoms with Crippen LogP contribution in [0.3, 0.4) is 0 Å². The predicted octanol–water partition coefficient (Wildman–Crippen LogP) is 0.939. The van der Waals surface area contributed by atoms with Crippen LogP contribution in [-0.2, 0) is 9.59 Å². The third-order valence-electron chi connectivity index (χ3n) is 6.36. The Morgan fingerprint density at radius 3 is 1.61 bits per heavy atom. The zero-order chi connectivity index (χ0) is 20.4. The number of aliphatic carboxylic acids is 2. The number of aliphatic hydroxyl groups is 1. The molecule has 0 bridgehead atoms. The maximum Gasteiger partial charge on any atom is 0.414 e. The first kappa shape index (κ1) is 23.1. The van der Waals surface area contributed by atoms with E-state index < -0.39 is 11.9 Å². The van der Waals surface area contributed by atoms with Gasteiger partial charge >= 0.3 is 11.9 Å². The average Bonchev–Trinajstić information content (AvgIpc) is 2.99. The van der Waals surface area contributed by atoms with Gasteiger partial charge < -0.3 is 20.2 Å². The van der Waals surface area contributed by atoms with Crippen molar-refractivity contribution in [1.29, 1.82) is 0 Å². The smallest absolute Gasteiger partial charge is 0.414 e. The van der Waals surface area contributed by atoms with Crippen LogP contribution in [0, 0.1) is 0 Å². The summed E-state index contributed by atoms with van der Waals surface area (Å²) in [6.45, 7) is 8.50. The van der Waals surface area contributed by atoms with Crippen LogP contribution in [0.15, 0.2) is 0 Å². The van der Waals surface area contributed by atoms with Crippen molar-refractivity contribution in [1.82, 2.24) is 14.7 Å². The highest BCUT2D eigenvalue weighted by Gasteiger charge is 2.30. The van der Waals surface area contributed by atoms with Gasteiger partial charge in [0.25, 0.3) is 0 Å². The third kappa shape index (κ3) is 7.66. The van der Waals surface area contributed by atoms with Crippen molar-refractivity contribution in [2.24, 2.45) is 0 Å². The molecule has 8 heteroatoms. The Kier molecular flexibility index (Phi) is 10.2. The van der Waals surface area contributed by atoms with Crippen LogP contribution in [-0.4, -0.2) is 106 Å². The standard InChI is InChI=1S/C18H35N3O.C2H2O4/c22-16-15-19-11-13-21(14-12-19)18-7-9-20(10-8-18)17-5-3-1-2-4-6-17;3-1(4)2(5)6/h17-18,22H,1-16H2;(H,3,4)(H,5,6). The summed E-state index contributed by atoms with van der Waals surface area (Å²) in [5.41, 5.74) is 0. The number of carboxylic acids is 2. The van der Waals surface area contributed by atoms with Crippen molar-refractivity contribution in [3.05, 3.63) is 0 Å².